The minimum Gasteiger partial charge on any atom is -0.357 e. The van der Waals surface area contributed by atoms with Gasteiger partial charge in [0, 0.05) is 29.4 Å². The van der Waals surface area contributed by atoms with E-state index in [1.165, 1.54) is 6.26 Å². The number of nitrogens with one attached hydrogen (secondary N) is 1. The minimum atomic E-state index is -3.19. The zero-order chi connectivity index (χ0) is 11.1. The molecule has 5 heteroatoms. The van der Waals surface area contributed by atoms with Gasteiger partial charge in [-0.25, -0.2) is 8.42 Å². The normalized spacial score (nSPS) is 12.1. The van der Waals surface area contributed by atoms with E-state index in [1.807, 2.05) is 6.07 Å². The molecule has 1 heterocycles. The zero-order valence-corrected chi connectivity index (χ0v) is 9.14. The van der Waals surface area contributed by atoms with Crippen molar-refractivity contribution in [1.82, 2.24) is 4.98 Å². The number of rotatable bonds is 2. The highest BCUT2D eigenvalue weighted by atomic mass is 32.2. The second kappa shape index (κ2) is 3.36. The summed E-state index contributed by atoms with van der Waals surface area (Å²) in [5.74, 6) is 0. The van der Waals surface area contributed by atoms with Crippen molar-refractivity contribution in [3.63, 3.8) is 0 Å². The Bertz CT molecular complexity index is 599. The van der Waals surface area contributed by atoms with Crippen LogP contribution in [0.4, 0.5) is 0 Å². The largest absolute Gasteiger partial charge is 0.357 e. The van der Waals surface area contributed by atoms with Crippen LogP contribution in [0, 0.1) is 0 Å². The Kier molecular flexibility index (Phi) is 2.28. The molecule has 0 aliphatic heterocycles. The molecule has 0 saturated heterocycles. The van der Waals surface area contributed by atoms with Crippen LogP contribution in [0.1, 0.15) is 5.69 Å². The van der Waals surface area contributed by atoms with Crippen LogP contribution in [0.3, 0.4) is 0 Å². The monoisotopic (exact) mass is 224 g/mol. The van der Waals surface area contributed by atoms with E-state index >= 15 is 0 Å². The van der Waals surface area contributed by atoms with Crippen molar-refractivity contribution < 1.29 is 8.42 Å². The first-order valence-electron chi connectivity index (χ1n) is 4.53. The van der Waals surface area contributed by atoms with Crippen molar-refractivity contribution in [2.45, 2.75) is 11.4 Å². The number of hydrogen-bond acceptors (Lipinski definition) is 3. The molecule has 4 nitrogen and oxygen atoms in total. The topological polar surface area (TPSA) is 76.0 Å². The molecule has 2 aromatic rings. The number of nitrogens with two attached hydrogens (primary N) is 1. The van der Waals surface area contributed by atoms with Gasteiger partial charge in [-0.3, -0.25) is 0 Å². The van der Waals surface area contributed by atoms with Crippen LogP contribution in [0.25, 0.3) is 10.9 Å². The lowest BCUT2D eigenvalue weighted by molar-refractivity contribution is 0.602. The Labute approximate surface area is 88.0 Å². The molecule has 0 radical (unpaired) electrons. The van der Waals surface area contributed by atoms with Crippen molar-refractivity contribution in [1.29, 1.82) is 0 Å². The van der Waals surface area contributed by atoms with Gasteiger partial charge in [-0.1, -0.05) is 6.07 Å². The highest BCUT2D eigenvalue weighted by Gasteiger charge is 2.12. The predicted molar refractivity (Wildman–Crippen MR) is 59.3 cm³/mol. The van der Waals surface area contributed by atoms with E-state index in [0.29, 0.717) is 16.8 Å². The van der Waals surface area contributed by atoms with Gasteiger partial charge >= 0.3 is 0 Å². The lowest BCUT2D eigenvalue weighted by Crippen LogP contribution is -1.96. The minimum absolute atomic E-state index is 0.343. The summed E-state index contributed by atoms with van der Waals surface area (Å²) in [5, 5.41) is 0.709. The summed E-state index contributed by atoms with van der Waals surface area (Å²) in [7, 11) is -3.19. The molecule has 0 aliphatic carbocycles. The molecular formula is C10H12N2O2S. The maximum atomic E-state index is 11.5. The first kappa shape index (κ1) is 10.2. The Morgan fingerprint density at radius 3 is 2.73 bits per heavy atom. The van der Waals surface area contributed by atoms with Crippen LogP contribution < -0.4 is 5.73 Å². The fourth-order valence-electron chi connectivity index (χ4n) is 1.62. The van der Waals surface area contributed by atoms with Crippen molar-refractivity contribution in [3.05, 3.63) is 30.0 Å². The fraction of sp³-hybridized carbons (Fsp3) is 0.200. The third-order valence-corrected chi connectivity index (χ3v) is 3.45. The lowest BCUT2D eigenvalue weighted by atomic mass is 10.2. The van der Waals surface area contributed by atoms with Crippen molar-refractivity contribution in [2.24, 2.45) is 5.73 Å². The maximum Gasteiger partial charge on any atom is 0.176 e. The Balaban J connectivity index is 2.81. The van der Waals surface area contributed by atoms with E-state index in [2.05, 4.69) is 4.98 Å². The van der Waals surface area contributed by atoms with Gasteiger partial charge in [-0.05, 0) is 18.2 Å². The molecule has 0 unspecified atom stereocenters. The van der Waals surface area contributed by atoms with Crippen LogP contribution in [0.5, 0.6) is 0 Å². The summed E-state index contributed by atoms with van der Waals surface area (Å²) >= 11 is 0. The lowest BCUT2D eigenvalue weighted by Gasteiger charge is -1.98. The molecule has 0 atom stereocenters. The molecule has 0 aliphatic rings. The molecule has 3 N–H and O–H groups in total. The summed E-state index contributed by atoms with van der Waals surface area (Å²) in [6.45, 7) is 0.373. The molecule has 0 spiro atoms. The van der Waals surface area contributed by atoms with Crippen molar-refractivity contribution in [3.8, 4) is 0 Å². The van der Waals surface area contributed by atoms with E-state index in [0.717, 1.165) is 11.2 Å². The van der Waals surface area contributed by atoms with Gasteiger partial charge in [-0.15, -0.1) is 0 Å². The molecular weight excluding hydrogens is 212 g/mol. The molecule has 15 heavy (non-hydrogen) atoms. The second-order valence-electron chi connectivity index (χ2n) is 3.49. The van der Waals surface area contributed by atoms with Gasteiger partial charge in [0.2, 0.25) is 0 Å². The average Bonchev–Trinajstić information content (AvgIpc) is 2.57. The van der Waals surface area contributed by atoms with Gasteiger partial charge in [0.05, 0.1) is 4.90 Å². The van der Waals surface area contributed by atoms with Crippen LogP contribution in [-0.4, -0.2) is 19.7 Å². The summed E-state index contributed by atoms with van der Waals surface area (Å²) in [6.07, 6.45) is 1.21. The standard InChI is InChI=1S/C10H12N2O2S/c1-15(13,14)10-4-2-3-9-8(10)5-7(6-11)12-9/h2-5,12H,6,11H2,1H3. The van der Waals surface area contributed by atoms with E-state index in [4.69, 9.17) is 5.73 Å². The third kappa shape index (κ3) is 1.75. The smallest absolute Gasteiger partial charge is 0.176 e. The SMILES string of the molecule is CS(=O)(=O)c1cccc2[nH]c(CN)cc12. The summed E-state index contributed by atoms with van der Waals surface area (Å²) < 4.78 is 23.0. The van der Waals surface area contributed by atoms with E-state index in [9.17, 15) is 8.42 Å². The van der Waals surface area contributed by atoms with Gasteiger partial charge in [0.25, 0.3) is 0 Å². The quantitative estimate of drug-likeness (QED) is 0.800. The number of fused-ring (bicyclic) bond motifs is 1. The molecule has 0 amide bonds. The Hall–Kier alpha value is -1.33. The van der Waals surface area contributed by atoms with Crippen LogP contribution in [0.15, 0.2) is 29.2 Å². The Morgan fingerprint density at radius 2 is 2.13 bits per heavy atom. The molecule has 1 aromatic heterocycles. The van der Waals surface area contributed by atoms with E-state index in [1.54, 1.807) is 18.2 Å². The summed E-state index contributed by atoms with van der Waals surface area (Å²) in [5.41, 5.74) is 7.13. The van der Waals surface area contributed by atoms with Gasteiger partial charge in [-0.2, -0.15) is 0 Å². The number of aromatic amines is 1. The second-order valence-corrected chi connectivity index (χ2v) is 5.47. The number of sulfone groups is 1. The molecule has 1 aromatic carbocycles. The third-order valence-electron chi connectivity index (χ3n) is 2.30. The molecule has 0 bridgehead atoms. The number of benzene rings is 1. The first-order valence-corrected chi connectivity index (χ1v) is 6.42. The summed E-state index contributed by atoms with van der Waals surface area (Å²) in [6, 6.07) is 6.94. The van der Waals surface area contributed by atoms with Crippen molar-refractivity contribution >= 4 is 20.7 Å². The Morgan fingerprint density at radius 1 is 1.40 bits per heavy atom. The highest BCUT2D eigenvalue weighted by molar-refractivity contribution is 7.91. The molecule has 2 rings (SSSR count). The van der Waals surface area contributed by atoms with E-state index in [-0.39, 0.29) is 0 Å². The molecule has 0 saturated carbocycles. The van der Waals surface area contributed by atoms with Crippen LogP contribution in [0.2, 0.25) is 0 Å². The van der Waals surface area contributed by atoms with E-state index < -0.39 is 9.84 Å². The number of hydrogen-bond donors (Lipinski definition) is 2. The zero-order valence-electron chi connectivity index (χ0n) is 8.32. The van der Waals surface area contributed by atoms with Crippen LogP contribution >= 0.6 is 0 Å². The maximum absolute atomic E-state index is 11.5. The van der Waals surface area contributed by atoms with Gasteiger partial charge in [0.1, 0.15) is 0 Å². The fourth-order valence-corrected chi connectivity index (χ4v) is 2.51. The molecule has 80 valence electrons. The molecule has 0 fully saturated rings. The average molecular weight is 224 g/mol. The number of H-pyrrole nitrogens is 1. The van der Waals surface area contributed by atoms with Crippen molar-refractivity contribution in [2.75, 3.05) is 6.26 Å². The first-order chi connectivity index (χ1) is 7.02. The van der Waals surface area contributed by atoms with Gasteiger partial charge < -0.3 is 10.7 Å². The van der Waals surface area contributed by atoms with Crippen LogP contribution in [-0.2, 0) is 16.4 Å². The summed E-state index contributed by atoms with van der Waals surface area (Å²) in [4.78, 5) is 3.41. The highest BCUT2D eigenvalue weighted by Crippen LogP contribution is 2.23. The van der Waals surface area contributed by atoms with Gasteiger partial charge in [0.15, 0.2) is 9.84 Å². The predicted octanol–water partition coefficient (Wildman–Crippen LogP) is 1.03. The number of aromatic nitrogens is 1.